The van der Waals surface area contributed by atoms with E-state index in [4.69, 9.17) is 9.47 Å². The van der Waals surface area contributed by atoms with E-state index in [-0.39, 0.29) is 5.41 Å². The van der Waals surface area contributed by atoms with Crippen molar-refractivity contribution in [3.63, 3.8) is 0 Å². The zero-order valence-electron chi connectivity index (χ0n) is 19.9. The first kappa shape index (κ1) is 23.5. The number of hydrogen-bond acceptors (Lipinski definition) is 5. The molecule has 33 heavy (non-hydrogen) atoms. The second-order valence-corrected chi connectivity index (χ2v) is 9.00. The number of piperidine rings is 1. The average Bonchev–Trinajstić information content (AvgIpc) is 3.33. The standard InChI is InChI=1S/C27H36N4O2/c1-3-32-21-27(15-14-22-8-6-5-7-9-22)16-18-31(19-17-27)20-23-10-12-24(13-11-23)25-28-26(30-29-25)33-4-2/h5-13H,3-4,14-21H2,1-2H3,(H,28,29,30). The highest BCUT2D eigenvalue weighted by molar-refractivity contribution is 5.55. The van der Waals surface area contributed by atoms with Gasteiger partial charge in [0.1, 0.15) is 0 Å². The first-order chi connectivity index (χ1) is 16.2. The van der Waals surface area contributed by atoms with Crippen LogP contribution in [-0.2, 0) is 17.7 Å². The number of nitrogens with zero attached hydrogens (tertiary/aromatic N) is 3. The van der Waals surface area contributed by atoms with Gasteiger partial charge in [-0.15, -0.1) is 5.10 Å². The largest absolute Gasteiger partial charge is 0.463 e. The fourth-order valence-corrected chi connectivity index (χ4v) is 4.62. The van der Waals surface area contributed by atoms with Gasteiger partial charge in [0.2, 0.25) is 0 Å². The average molecular weight is 449 g/mol. The monoisotopic (exact) mass is 448 g/mol. The van der Waals surface area contributed by atoms with Crippen LogP contribution < -0.4 is 4.74 Å². The van der Waals surface area contributed by atoms with E-state index in [2.05, 4.69) is 81.6 Å². The van der Waals surface area contributed by atoms with Crippen molar-refractivity contribution in [2.24, 2.45) is 5.41 Å². The number of aryl methyl sites for hydroxylation is 1. The van der Waals surface area contributed by atoms with Crippen molar-refractivity contribution < 1.29 is 9.47 Å². The first-order valence-corrected chi connectivity index (χ1v) is 12.2. The molecule has 0 spiro atoms. The van der Waals surface area contributed by atoms with E-state index in [0.29, 0.717) is 12.6 Å². The lowest BCUT2D eigenvalue weighted by Gasteiger charge is -2.42. The molecular formula is C27H36N4O2. The Morgan fingerprint density at radius 2 is 1.70 bits per heavy atom. The van der Waals surface area contributed by atoms with Crippen LogP contribution in [0.15, 0.2) is 54.6 Å². The van der Waals surface area contributed by atoms with Crippen LogP contribution in [0.25, 0.3) is 11.4 Å². The molecule has 6 nitrogen and oxygen atoms in total. The highest BCUT2D eigenvalue weighted by Gasteiger charge is 2.34. The van der Waals surface area contributed by atoms with Crippen molar-refractivity contribution in [2.75, 3.05) is 32.9 Å². The van der Waals surface area contributed by atoms with Gasteiger partial charge in [0, 0.05) is 18.7 Å². The van der Waals surface area contributed by atoms with E-state index in [9.17, 15) is 0 Å². The fraction of sp³-hybridized carbons (Fsp3) is 0.481. The Hall–Kier alpha value is -2.70. The maximum atomic E-state index is 5.95. The first-order valence-electron chi connectivity index (χ1n) is 12.2. The summed E-state index contributed by atoms with van der Waals surface area (Å²) in [5, 5.41) is 7.04. The van der Waals surface area contributed by atoms with Crippen molar-refractivity contribution in [2.45, 2.75) is 46.1 Å². The lowest BCUT2D eigenvalue weighted by molar-refractivity contribution is -0.00232. The van der Waals surface area contributed by atoms with Crippen LogP contribution in [-0.4, -0.2) is 53.0 Å². The van der Waals surface area contributed by atoms with Crippen LogP contribution in [0.5, 0.6) is 6.01 Å². The van der Waals surface area contributed by atoms with Crippen molar-refractivity contribution in [3.05, 3.63) is 65.7 Å². The van der Waals surface area contributed by atoms with Crippen LogP contribution in [0, 0.1) is 5.41 Å². The minimum absolute atomic E-state index is 0.288. The molecule has 4 rings (SSSR count). The normalized spacial score (nSPS) is 16.1. The van der Waals surface area contributed by atoms with Crippen molar-refractivity contribution >= 4 is 0 Å². The van der Waals surface area contributed by atoms with E-state index in [0.717, 1.165) is 50.7 Å². The predicted molar refractivity (Wildman–Crippen MR) is 131 cm³/mol. The van der Waals surface area contributed by atoms with E-state index in [1.807, 2.05) is 6.92 Å². The molecule has 2 heterocycles. The third-order valence-corrected chi connectivity index (χ3v) is 6.69. The van der Waals surface area contributed by atoms with E-state index in [1.54, 1.807) is 0 Å². The molecule has 0 amide bonds. The molecule has 0 radical (unpaired) electrons. The number of ether oxygens (including phenoxy) is 2. The summed E-state index contributed by atoms with van der Waals surface area (Å²) in [4.78, 5) is 6.96. The number of rotatable bonds is 11. The quantitative estimate of drug-likeness (QED) is 0.441. The van der Waals surface area contributed by atoms with Gasteiger partial charge in [-0.05, 0) is 69.2 Å². The molecule has 1 fully saturated rings. The zero-order valence-corrected chi connectivity index (χ0v) is 19.9. The van der Waals surface area contributed by atoms with Gasteiger partial charge in [-0.3, -0.25) is 10.00 Å². The summed E-state index contributed by atoms with van der Waals surface area (Å²) in [6, 6.07) is 19.8. The second kappa shape index (κ2) is 11.4. The van der Waals surface area contributed by atoms with Gasteiger partial charge in [0.05, 0.1) is 13.2 Å². The summed E-state index contributed by atoms with van der Waals surface area (Å²) in [6.45, 7) is 9.46. The van der Waals surface area contributed by atoms with Gasteiger partial charge in [-0.25, -0.2) is 0 Å². The molecular weight excluding hydrogens is 412 g/mol. The number of nitrogens with one attached hydrogen (secondary N) is 1. The number of aromatic amines is 1. The summed E-state index contributed by atoms with van der Waals surface area (Å²) in [5.41, 5.74) is 4.06. The number of hydrogen-bond donors (Lipinski definition) is 1. The molecule has 0 aliphatic carbocycles. The Bertz CT molecular complexity index is 963. The van der Waals surface area contributed by atoms with E-state index < -0.39 is 0 Å². The Kier molecular flexibility index (Phi) is 8.13. The van der Waals surface area contributed by atoms with Crippen LogP contribution in [0.2, 0.25) is 0 Å². The van der Waals surface area contributed by atoms with Crippen molar-refractivity contribution in [1.29, 1.82) is 0 Å². The Labute approximate surface area is 197 Å². The molecule has 1 aliphatic heterocycles. The predicted octanol–water partition coefficient (Wildman–Crippen LogP) is 5.12. The summed E-state index contributed by atoms with van der Waals surface area (Å²) >= 11 is 0. The molecule has 6 heteroatoms. The van der Waals surface area contributed by atoms with Crippen LogP contribution in [0.3, 0.4) is 0 Å². The lowest BCUT2D eigenvalue weighted by atomic mass is 9.74. The van der Waals surface area contributed by atoms with Crippen molar-refractivity contribution in [1.82, 2.24) is 20.1 Å². The molecule has 176 valence electrons. The van der Waals surface area contributed by atoms with Gasteiger partial charge in [0.15, 0.2) is 5.82 Å². The minimum Gasteiger partial charge on any atom is -0.463 e. The maximum Gasteiger partial charge on any atom is 0.335 e. The van der Waals surface area contributed by atoms with Crippen molar-refractivity contribution in [3.8, 4) is 17.4 Å². The zero-order chi connectivity index (χ0) is 22.9. The molecule has 0 saturated carbocycles. The molecule has 2 aromatic carbocycles. The van der Waals surface area contributed by atoms with Crippen LogP contribution in [0.1, 0.15) is 44.2 Å². The van der Waals surface area contributed by atoms with Gasteiger partial charge in [0.25, 0.3) is 0 Å². The summed E-state index contributed by atoms with van der Waals surface area (Å²) in [7, 11) is 0. The highest BCUT2D eigenvalue weighted by Crippen LogP contribution is 2.37. The molecule has 1 aromatic heterocycles. The van der Waals surface area contributed by atoms with Crippen LogP contribution in [0.4, 0.5) is 0 Å². The Morgan fingerprint density at radius 3 is 2.39 bits per heavy atom. The molecule has 0 bridgehead atoms. The second-order valence-electron chi connectivity index (χ2n) is 9.00. The molecule has 1 saturated heterocycles. The van der Waals surface area contributed by atoms with E-state index >= 15 is 0 Å². The van der Waals surface area contributed by atoms with Gasteiger partial charge < -0.3 is 9.47 Å². The third-order valence-electron chi connectivity index (χ3n) is 6.69. The minimum atomic E-state index is 0.288. The van der Waals surface area contributed by atoms with Crippen LogP contribution >= 0.6 is 0 Å². The van der Waals surface area contributed by atoms with Gasteiger partial charge >= 0.3 is 6.01 Å². The molecule has 1 aliphatic rings. The Balaban J connectivity index is 1.32. The van der Waals surface area contributed by atoms with Gasteiger partial charge in [-0.2, -0.15) is 4.98 Å². The molecule has 0 unspecified atom stereocenters. The Morgan fingerprint density at radius 1 is 0.939 bits per heavy atom. The number of H-pyrrole nitrogens is 1. The summed E-state index contributed by atoms with van der Waals surface area (Å²) in [5.74, 6) is 0.738. The lowest BCUT2D eigenvalue weighted by Crippen LogP contribution is -2.42. The SMILES string of the molecule is CCOCC1(CCc2ccccc2)CCN(Cc2ccc(-c3nc(OCC)n[nH]3)cc2)CC1. The number of aromatic nitrogens is 3. The number of likely N-dealkylation sites (tertiary alicyclic amines) is 1. The highest BCUT2D eigenvalue weighted by atomic mass is 16.5. The molecule has 1 N–H and O–H groups in total. The smallest absolute Gasteiger partial charge is 0.335 e. The maximum absolute atomic E-state index is 5.95. The summed E-state index contributed by atoms with van der Waals surface area (Å²) < 4.78 is 11.3. The molecule has 0 atom stereocenters. The number of benzene rings is 2. The topological polar surface area (TPSA) is 63.3 Å². The third kappa shape index (κ3) is 6.42. The summed E-state index contributed by atoms with van der Waals surface area (Å²) in [6.07, 6.45) is 4.70. The van der Waals surface area contributed by atoms with Gasteiger partial charge in [-0.1, -0.05) is 54.6 Å². The fourth-order valence-electron chi connectivity index (χ4n) is 4.62. The molecule has 3 aromatic rings. The van der Waals surface area contributed by atoms with E-state index in [1.165, 1.54) is 30.4 Å².